The molecule has 0 radical (unpaired) electrons. The average Bonchev–Trinajstić information content (AvgIpc) is 3.34. The molecule has 2 aromatic carbocycles. The zero-order valence-corrected chi connectivity index (χ0v) is 20.8. The molecule has 0 atom stereocenters. The number of fused-ring (bicyclic) bond motifs is 1. The zero-order chi connectivity index (χ0) is 24.9. The van der Waals surface area contributed by atoms with Crippen molar-refractivity contribution < 1.29 is 18.6 Å². The van der Waals surface area contributed by atoms with Crippen molar-refractivity contribution in [1.82, 2.24) is 20.2 Å². The van der Waals surface area contributed by atoms with Gasteiger partial charge in [-0.2, -0.15) is 0 Å². The highest BCUT2D eigenvalue weighted by Crippen LogP contribution is 2.47. The molecule has 9 nitrogen and oxygen atoms in total. The van der Waals surface area contributed by atoms with Crippen LogP contribution in [0.1, 0.15) is 0 Å². The monoisotopic (exact) mass is 489 g/mol. The summed E-state index contributed by atoms with van der Waals surface area (Å²) >= 11 is 0. The Bertz CT molecular complexity index is 1290. The predicted molar refractivity (Wildman–Crippen MR) is 140 cm³/mol. The van der Waals surface area contributed by atoms with Crippen LogP contribution in [0.3, 0.4) is 0 Å². The van der Waals surface area contributed by atoms with E-state index in [1.54, 1.807) is 21.3 Å². The van der Waals surface area contributed by atoms with Crippen LogP contribution in [0.4, 0.5) is 5.82 Å². The number of aromatic nitrogens is 2. The number of furan rings is 1. The Kier molecular flexibility index (Phi) is 7.20. The van der Waals surface area contributed by atoms with Gasteiger partial charge in [0.1, 0.15) is 17.9 Å². The van der Waals surface area contributed by atoms with E-state index in [0.29, 0.717) is 28.7 Å². The molecule has 0 bridgehead atoms. The maximum absolute atomic E-state index is 6.39. The quantitative estimate of drug-likeness (QED) is 0.363. The van der Waals surface area contributed by atoms with Crippen LogP contribution in [0.25, 0.3) is 33.6 Å². The summed E-state index contributed by atoms with van der Waals surface area (Å²) in [4.78, 5) is 11.5. The molecule has 9 heteroatoms. The lowest BCUT2D eigenvalue weighted by Gasteiger charge is -2.27. The van der Waals surface area contributed by atoms with Crippen LogP contribution in [-0.4, -0.2) is 75.5 Å². The van der Waals surface area contributed by atoms with E-state index in [1.165, 1.54) is 6.33 Å². The van der Waals surface area contributed by atoms with Gasteiger partial charge in [-0.25, -0.2) is 9.97 Å². The Morgan fingerprint density at radius 3 is 2.33 bits per heavy atom. The molecule has 0 aliphatic carbocycles. The highest BCUT2D eigenvalue weighted by Gasteiger charge is 2.24. The second-order valence-electron chi connectivity index (χ2n) is 8.51. The molecule has 1 fully saturated rings. The van der Waals surface area contributed by atoms with Crippen molar-refractivity contribution in [2.24, 2.45) is 0 Å². The first-order chi connectivity index (χ1) is 17.7. The van der Waals surface area contributed by atoms with E-state index in [1.807, 2.05) is 30.3 Å². The van der Waals surface area contributed by atoms with Crippen LogP contribution in [0.5, 0.6) is 17.2 Å². The number of methoxy groups -OCH3 is 3. The van der Waals surface area contributed by atoms with Gasteiger partial charge in [-0.05, 0) is 17.7 Å². The third-order valence-corrected chi connectivity index (χ3v) is 6.41. The Hall–Kier alpha value is -3.82. The average molecular weight is 490 g/mol. The lowest BCUT2D eigenvalue weighted by atomic mass is 9.99. The van der Waals surface area contributed by atoms with Gasteiger partial charge >= 0.3 is 0 Å². The fourth-order valence-electron chi connectivity index (χ4n) is 4.63. The minimum absolute atomic E-state index is 0.511. The van der Waals surface area contributed by atoms with Crippen molar-refractivity contribution in [3.05, 3.63) is 48.8 Å². The Balaban J connectivity index is 1.61. The number of hydrogen-bond acceptors (Lipinski definition) is 9. The SMILES string of the molecule is COc1cc(-c2oc3ncnc(NCCN4CCNCC4)c3c2-c2ccccc2)cc(OC)c1OC. The van der Waals surface area contributed by atoms with Gasteiger partial charge < -0.3 is 29.3 Å². The van der Waals surface area contributed by atoms with Gasteiger partial charge in [-0.15, -0.1) is 0 Å². The number of ether oxygens (including phenoxy) is 3. The highest BCUT2D eigenvalue weighted by atomic mass is 16.5. The van der Waals surface area contributed by atoms with E-state index in [4.69, 9.17) is 18.6 Å². The number of rotatable bonds is 9. The molecule has 1 aliphatic rings. The summed E-state index contributed by atoms with van der Waals surface area (Å²) in [6.45, 7) is 5.85. The van der Waals surface area contributed by atoms with Gasteiger partial charge in [0.05, 0.1) is 26.7 Å². The van der Waals surface area contributed by atoms with E-state index in [-0.39, 0.29) is 0 Å². The van der Waals surface area contributed by atoms with Crippen LogP contribution >= 0.6 is 0 Å². The second-order valence-corrected chi connectivity index (χ2v) is 8.51. The second kappa shape index (κ2) is 10.8. The summed E-state index contributed by atoms with van der Waals surface area (Å²) < 4.78 is 23.1. The maximum Gasteiger partial charge on any atom is 0.232 e. The molecule has 2 aromatic heterocycles. The maximum atomic E-state index is 6.39. The van der Waals surface area contributed by atoms with Crippen LogP contribution in [-0.2, 0) is 0 Å². The predicted octanol–water partition coefficient (Wildman–Crippen LogP) is 3.90. The molecule has 4 aromatic rings. The van der Waals surface area contributed by atoms with Crippen LogP contribution in [0.15, 0.2) is 53.2 Å². The lowest BCUT2D eigenvalue weighted by Crippen LogP contribution is -2.45. The van der Waals surface area contributed by atoms with Gasteiger partial charge in [0.2, 0.25) is 11.5 Å². The summed E-state index contributed by atoms with van der Waals surface area (Å²) in [5, 5.41) is 7.76. The number of nitrogens with one attached hydrogen (secondary N) is 2. The molecule has 3 heterocycles. The largest absolute Gasteiger partial charge is 0.493 e. The van der Waals surface area contributed by atoms with Gasteiger partial charge in [0, 0.05) is 50.4 Å². The smallest absolute Gasteiger partial charge is 0.232 e. The van der Waals surface area contributed by atoms with E-state index in [0.717, 1.165) is 67.2 Å². The summed E-state index contributed by atoms with van der Waals surface area (Å²) in [5.74, 6) is 3.02. The normalized spacial score (nSPS) is 14.1. The molecule has 0 amide bonds. The third-order valence-electron chi connectivity index (χ3n) is 6.41. The molecule has 5 rings (SSSR count). The standard InChI is InChI=1S/C27H31N5O4/c1-33-20-15-19(16-21(34-2)25(20)35-3)24-22(18-7-5-4-6-8-18)23-26(30-17-31-27(23)36-24)29-11-14-32-12-9-28-10-13-32/h4-8,15-17,28H,9-14H2,1-3H3,(H,29,30,31). The fourth-order valence-corrected chi connectivity index (χ4v) is 4.63. The van der Waals surface area contributed by atoms with Gasteiger partial charge in [0.15, 0.2) is 11.5 Å². The van der Waals surface area contributed by atoms with Crippen LogP contribution in [0, 0.1) is 0 Å². The molecule has 0 saturated carbocycles. The van der Waals surface area contributed by atoms with Crippen molar-refractivity contribution in [3.8, 4) is 39.7 Å². The van der Waals surface area contributed by atoms with Crippen molar-refractivity contribution in [2.45, 2.75) is 0 Å². The summed E-state index contributed by atoms with van der Waals surface area (Å²) in [6, 6.07) is 13.9. The molecule has 0 spiro atoms. The van der Waals surface area contributed by atoms with E-state index < -0.39 is 0 Å². The van der Waals surface area contributed by atoms with Crippen molar-refractivity contribution in [3.63, 3.8) is 0 Å². The Morgan fingerprint density at radius 1 is 0.944 bits per heavy atom. The molecular formula is C27H31N5O4. The van der Waals surface area contributed by atoms with Crippen LogP contribution < -0.4 is 24.8 Å². The fraction of sp³-hybridized carbons (Fsp3) is 0.333. The zero-order valence-electron chi connectivity index (χ0n) is 20.8. The molecule has 36 heavy (non-hydrogen) atoms. The molecule has 2 N–H and O–H groups in total. The van der Waals surface area contributed by atoms with Gasteiger partial charge in [-0.1, -0.05) is 30.3 Å². The van der Waals surface area contributed by atoms with Crippen LogP contribution in [0.2, 0.25) is 0 Å². The molecule has 1 aliphatic heterocycles. The van der Waals surface area contributed by atoms with Crippen molar-refractivity contribution in [2.75, 3.05) is 65.9 Å². The molecule has 188 valence electrons. The Morgan fingerprint density at radius 2 is 1.67 bits per heavy atom. The number of piperazine rings is 1. The van der Waals surface area contributed by atoms with Gasteiger partial charge in [0.25, 0.3) is 0 Å². The first-order valence-corrected chi connectivity index (χ1v) is 12.0. The van der Waals surface area contributed by atoms with Gasteiger partial charge in [-0.3, -0.25) is 4.90 Å². The minimum atomic E-state index is 0.511. The lowest BCUT2D eigenvalue weighted by molar-refractivity contribution is 0.249. The number of hydrogen-bond donors (Lipinski definition) is 2. The first kappa shape index (κ1) is 23.9. The minimum Gasteiger partial charge on any atom is -0.493 e. The van der Waals surface area contributed by atoms with E-state index >= 15 is 0 Å². The topological polar surface area (TPSA) is 93.9 Å². The molecule has 0 unspecified atom stereocenters. The van der Waals surface area contributed by atoms with E-state index in [2.05, 4.69) is 37.6 Å². The summed E-state index contributed by atoms with van der Waals surface area (Å²) in [7, 11) is 4.79. The summed E-state index contributed by atoms with van der Waals surface area (Å²) in [6.07, 6.45) is 1.53. The number of benzene rings is 2. The van der Waals surface area contributed by atoms with Crippen molar-refractivity contribution >= 4 is 16.9 Å². The first-order valence-electron chi connectivity index (χ1n) is 12.0. The highest BCUT2D eigenvalue weighted by molar-refractivity contribution is 6.06. The molecule has 1 saturated heterocycles. The number of nitrogens with zero attached hydrogens (tertiary/aromatic N) is 3. The molecular weight excluding hydrogens is 458 g/mol. The third kappa shape index (κ3) is 4.67. The van der Waals surface area contributed by atoms with E-state index in [9.17, 15) is 0 Å². The number of anilines is 1. The van der Waals surface area contributed by atoms with Crippen molar-refractivity contribution in [1.29, 1.82) is 0 Å². The summed E-state index contributed by atoms with van der Waals surface area (Å²) in [5.41, 5.74) is 3.20. The Labute approximate surface area is 210 Å².